The molecule has 1 unspecified atom stereocenters. The van der Waals surface area contributed by atoms with E-state index < -0.39 is 11.9 Å². The van der Waals surface area contributed by atoms with Gasteiger partial charge >= 0.3 is 5.97 Å². The summed E-state index contributed by atoms with van der Waals surface area (Å²) in [4.78, 5) is 24.6. The van der Waals surface area contributed by atoms with Gasteiger partial charge in [0.25, 0.3) is 0 Å². The van der Waals surface area contributed by atoms with Crippen molar-refractivity contribution in [3.05, 3.63) is 21.9 Å². The Morgan fingerprint density at radius 3 is 2.88 bits per heavy atom. The number of rotatable bonds is 1. The molecule has 0 radical (unpaired) electrons. The van der Waals surface area contributed by atoms with Gasteiger partial charge in [-0.15, -0.1) is 11.3 Å². The maximum absolute atomic E-state index is 12.2. The number of thiophene rings is 1. The second kappa shape index (κ2) is 3.70. The van der Waals surface area contributed by atoms with Gasteiger partial charge in [0, 0.05) is 0 Å². The highest BCUT2D eigenvalue weighted by Gasteiger charge is 2.46. The molecule has 3 nitrogen and oxygen atoms in total. The summed E-state index contributed by atoms with van der Waals surface area (Å²) in [6.07, 6.45) is 0.747. The minimum absolute atomic E-state index is 0.0897. The van der Waals surface area contributed by atoms with Crippen LogP contribution >= 0.6 is 11.3 Å². The number of carbonyl (C=O) groups is 2. The highest BCUT2D eigenvalue weighted by Crippen LogP contribution is 2.41. The van der Waals surface area contributed by atoms with E-state index >= 15 is 0 Å². The number of hydrogen-bond acceptors (Lipinski definition) is 4. The second-order valence-corrected chi connectivity index (χ2v) is 5.68. The minimum atomic E-state index is -0.663. The molecule has 0 aliphatic heterocycles. The van der Waals surface area contributed by atoms with Gasteiger partial charge < -0.3 is 4.74 Å². The maximum Gasteiger partial charge on any atom is 0.317 e. The third-order valence-corrected chi connectivity index (χ3v) is 4.07. The van der Waals surface area contributed by atoms with Crippen molar-refractivity contribution in [1.29, 1.82) is 0 Å². The lowest BCUT2D eigenvalue weighted by molar-refractivity contribution is -0.147. The molecule has 86 valence electrons. The van der Waals surface area contributed by atoms with Crippen LogP contribution in [0.15, 0.2) is 11.4 Å². The molecule has 0 N–H and O–H groups in total. The van der Waals surface area contributed by atoms with Crippen molar-refractivity contribution in [1.82, 2.24) is 0 Å². The Morgan fingerprint density at radius 1 is 1.56 bits per heavy atom. The number of hydrogen-bond donors (Lipinski definition) is 0. The SMILES string of the molecule is COC(=O)C1C(=O)c2sccc2CC1(C)C. The zero-order chi connectivity index (χ0) is 11.9. The van der Waals surface area contributed by atoms with Gasteiger partial charge in [-0.25, -0.2) is 0 Å². The quantitative estimate of drug-likeness (QED) is 0.557. The smallest absolute Gasteiger partial charge is 0.317 e. The first-order chi connectivity index (χ1) is 7.47. The van der Waals surface area contributed by atoms with Gasteiger partial charge in [-0.1, -0.05) is 13.8 Å². The topological polar surface area (TPSA) is 43.4 Å². The van der Waals surface area contributed by atoms with Gasteiger partial charge in [0.2, 0.25) is 0 Å². The summed E-state index contributed by atoms with van der Waals surface area (Å²) >= 11 is 1.41. The summed E-state index contributed by atoms with van der Waals surface area (Å²) in [5.41, 5.74) is 0.693. The average molecular weight is 238 g/mol. The summed E-state index contributed by atoms with van der Waals surface area (Å²) in [6, 6.07) is 1.97. The van der Waals surface area contributed by atoms with E-state index in [-0.39, 0.29) is 11.2 Å². The number of carbonyl (C=O) groups excluding carboxylic acids is 2. The molecule has 1 aromatic heterocycles. The Bertz CT molecular complexity index is 445. The second-order valence-electron chi connectivity index (χ2n) is 4.76. The fraction of sp³-hybridized carbons (Fsp3) is 0.500. The first-order valence-corrected chi connectivity index (χ1v) is 6.04. The van der Waals surface area contributed by atoms with Crippen molar-refractivity contribution in [2.45, 2.75) is 20.3 Å². The number of methoxy groups -OCH3 is 1. The van der Waals surface area contributed by atoms with Gasteiger partial charge in [-0.3, -0.25) is 9.59 Å². The maximum atomic E-state index is 12.2. The molecule has 1 atom stereocenters. The zero-order valence-corrected chi connectivity index (χ0v) is 10.4. The number of ether oxygens (including phenoxy) is 1. The normalized spacial score (nSPS) is 22.7. The lowest BCUT2D eigenvalue weighted by atomic mass is 9.68. The molecule has 1 heterocycles. The van der Waals surface area contributed by atoms with Gasteiger partial charge in [0.15, 0.2) is 5.78 Å². The zero-order valence-electron chi connectivity index (χ0n) is 9.57. The van der Waals surface area contributed by atoms with E-state index in [2.05, 4.69) is 0 Å². The molecule has 0 fully saturated rings. The molecule has 1 aliphatic rings. The fourth-order valence-corrected chi connectivity index (χ4v) is 3.21. The highest BCUT2D eigenvalue weighted by atomic mass is 32.1. The van der Waals surface area contributed by atoms with E-state index in [9.17, 15) is 9.59 Å². The summed E-state index contributed by atoms with van der Waals surface area (Å²) in [6.45, 7) is 3.88. The van der Waals surface area contributed by atoms with Crippen LogP contribution in [0.25, 0.3) is 0 Å². The van der Waals surface area contributed by atoms with Gasteiger partial charge in [-0.2, -0.15) is 0 Å². The van der Waals surface area contributed by atoms with E-state index in [0.717, 1.165) is 16.9 Å². The average Bonchev–Trinajstić information content (AvgIpc) is 2.63. The molecule has 0 saturated heterocycles. The largest absolute Gasteiger partial charge is 0.468 e. The predicted octanol–water partition coefficient (Wildman–Crippen LogP) is 2.30. The molecule has 0 amide bonds. The summed E-state index contributed by atoms with van der Waals surface area (Å²) in [7, 11) is 1.33. The highest BCUT2D eigenvalue weighted by molar-refractivity contribution is 7.12. The van der Waals surface area contributed by atoms with Crippen molar-refractivity contribution in [3.63, 3.8) is 0 Å². The van der Waals surface area contributed by atoms with Crippen LogP contribution < -0.4 is 0 Å². The minimum Gasteiger partial charge on any atom is -0.468 e. The summed E-state index contributed by atoms with van der Waals surface area (Å²) < 4.78 is 4.73. The van der Waals surface area contributed by atoms with Crippen molar-refractivity contribution in [2.75, 3.05) is 7.11 Å². The van der Waals surface area contributed by atoms with E-state index in [1.54, 1.807) is 0 Å². The summed E-state index contributed by atoms with van der Waals surface area (Å²) in [5, 5.41) is 1.90. The van der Waals surface area contributed by atoms with Crippen LogP contribution in [0.5, 0.6) is 0 Å². The van der Waals surface area contributed by atoms with Gasteiger partial charge in [0.1, 0.15) is 5.92 Å². The molecule has 1 aromatic rings. The Morgan fingerprint density at radius 2 is 2.25 bits per heavy atom. The fourth-order valence-electron chi connectivity index (χ4n) is 2.31. The van der Waals surface area contributed by atoms with Crippen molar-refractivity contribution >= 4 is 23.1 Å². The number of esters is 1. The van der Waals surface area contributed by atoms with Crippen LogP contribution in [0.3, 0.4) is 0 Å². The van der Waals surface area contributed by atoms with E-state index in [1.807, 2.05) is 25.3 Å². The molecule has 4 heteroatoms. The van der Waals surface area contributed by atoms with Crippen molar-refractivity contribution < 1.29 is 14.3 Å². The van der Waals surface area contributed by atoms with Gasteiger partial charge in [0.05, 0.1) is 12.0 Å². The molecule has 0 saturated carbocycles. The van der Waals surface area contributed by atoms with Crippen molar-refractivity contribution in [3.8, 4) is 0 Å². The first-order valence-electron chi connectivity index (χ1n) is 5.16. The molecular weight excluding hydrogens is 224 g/mol. The molecule has 0 spiro atoms. The Kier molecular flexibility index (Phi) is 2.62. The third-order valence-electron chi connectivity index (χ3n) is 3.10. The molecule has 0 bridgehead atoms. The Labute approximate surface area is 98.4 Å². The number of ketones is 1. The molecule has 1 aliphatic carbocycles. The lowest BCUT2D eigenvalue weighted by Gasteiger charge is -2.35. The molecular formula is C12H14O3S. The third kappa shape index (κ3) is 1.57. The predicted molar refractivity (Wildman–Crippen MR) is 61.6 cm³/mol. The monoisotopic (exact) mass is 238 g/mol. The van der Waals surface area contributed by atoms with Crippen LogP contribution in [0.1, 0.15) is 29.1 Å². The van der Waals surface area contributed by atoms with Crippen LogP contribution in [-0.2, 0) is 16.0 Å². The van der Waals surface area contributed by atoms with E-state index in [0.29, 0.717) is 0 Å². The summed E-state index contributed by atoms with van der Waals surface area (Å²) in [5.74, 6) is -1.18. The number of Topliss-reactive ketones (excluding diaryl/α,β-unsaturated/α-hetero) is 1. The van der Waals surface area contributed by atoms with E-state index in [1.165, 1.54) is 18.4 Å². The Balaban J connectivity index is 2.47. The molecule has 2 rings (SSSR count). The lowest BCUT2D eigenvalue weighted by Crippen LogP contribution is -2.42. The van der Waals surface area contributed by atoms with Crippen LogP contribution in [0, 0.1) is 11.3 Å². The first kappa shape index (κ1) is 11.3. The van der Waals surface area contributed by atoms with Crippen LogP contribution in [0.2, 0.25) is 0 Å². The van der Waals surface area contributed by atoms with Crippen LogP contribution in [-0.4, -0.2) is 18.9 Å². The van der Waals surface area contributed by atoms with E-state index in [4.69, 9.17) is 4.74 Å². The Hall–Kier alpha value is -1.16. The molecule has 0 aromatic carbocycles. The van der Waals surface area contributed by atoms with Crippen molar-refractivity contribution in [2.24, 2.45) is 11.3 Å². The molecule has 16 heavy (non-hydrogen) atoms. The van der Waals surface area contributed by atoms with Gasteiger partial charge in [-0.05, 0) is 28.8 Å². The standard InChI is InChI=1S/C12H14O3S/c1-12(2)6-7-4-5-16-10(7)9(13)8(12)11(14)15-3/h4-5,8H,6H2,1-3H3. The number of fused-ring (bicyclic) bond motifs is 1. The van der Waals surface area contributed by atoms with Crippen LogP contribution in [0.4, 0.5) is 0 Å².